The van der Waals surface area contributed by atoms with Gasteiger partial charge >= 0.3 is 23.9 Å². The van der Waals surface area contributed by atoms with Crippen molar-refractivity contribution in [3.8, 4) is 0 Å². The topological polar surface area (TPSA) is 399 Å². The normalized spacial score (nSPS) is 15.0. The summed E-state index contributed by atoms with van der Waals surface area (Å²) in [4.78, 5) is 139. The van der Waals surface area contributed by atoms with Gasteiger partial charge in [-0.2, -0.15) is 0 Å². The van der Waals surface area contributed by atoms with Crippen LogP contribution in [0, 0.1) is 0 Å². The molecule has 24 nitrogen and oxygen atoms in total. The Balaban J connectivity index is 2.32. The van der Waals surface area contributed by atoms with Crippen molar-refractivity contribution in [3.05, 3.63) is 71.8 Å². The number of aliphatic hydroxyl groups excluding tert-OH is 1. The quantitative estimate of drug-likeness (QED) is 0.0414. The van der Waals surface area contributed by atoms with Gasteiger partial charge in [-0.1, -0.05) is 60.7 Å². The second-order valence-electron chi connectivity index (χ2n) is 14.9. The van der Waals surface area contributed by atoms with E-state index in [0.717, 1.165) is 6.92 Å². The molecule has 2 aromatic rings. The number of benzene rings is 2. The van der Waals surface area contributed by atoms with Gasteiger partial charge in [0.1, 0.15) is 36.3 Å². The van der Waals surface area contributed by atoms with E-state index in [9.17, 15) is 68.1 Å². The van der Waals surface area contributed by atoms with Crippen molar-refractivity contribution >= 4 is 65.2 Å². The molecule has 14 N–H and O–H groups in total. The van der Waals surface area contributed by atoms with Crippen molar-refractivity contribution in [2.45, 2.75) is 114 Å². The van der Waals surface area contributed by atoms with Gasteiger partial charge in [0.05, 0.1) is 25.0 Å². The van der Waals surface area contributed by atoms with Crippen LogP contribution in [-0.4, -0.2) is 145 Å². The number of hydrogen-bond donors (Lipinski definition) is 13. The second kappa shape index (κ2) is 26.2. The molecule has 0 spiro atoms. The molecule has 0 heterocycles. The number of carbonyl (C=O) groups excluding carboxylic acids is 7. The standard InChI is InChI=1S/C41H54N8O16/c1-20(44-37(60)26(14-15-30(51)52)45-36(59)25(42)18-31(53)54)34(57)43-21(2)35(58)46-27(16-23-10-6-4-7-11-23)38(61)47-28(17-24-12-8-5-9-13-24)39(62)48-29(19-32(55)56)40(63)49-33(22(3)50)41(64)65/h4-13,20-22,25-29,33,50H,14-19,42H2,1-3H3,(H,43,57)(H,44,60)(H,45,59)(H,46,58)(H,47,61)(H,48,62)(H,49,63)(H,51,52)(H,53,54)(H,55,56)(H,64,65)/t20-,21-,22+,25-,26-,27-,28-,29-,33-/m0/s1. The van der Waals surface area contributed by atoms with Gasteiger partial charge in [-0.25, -0.2) is 4.79 Å². The molecule has 65 heavy (non-hydrogen) atoms. The van der Waals surface area contributed by atoms with E-state index >= 15 is 0 Å². The zero-order valence-electron chi connectivity index (χ0n) is 35.5. The lowest BCUT2D eigenvalue weighted by atomic mass is 10.0. The minimum absolute atomic E-state index is 0.176. The monoisotopic (exact) mass is 914 g/mol. The average molecular weight is 915 g/mol. The maximum Gasteiger partial charge on any atom is 0.328 e. The molecule has 0 aliphatic rings. The third-order valence-corrected chi connectivity index (χ3v) is 9.40. The Kier molecular flexibility index (Phi) is 21.7. The van der Waals surface area contributed by atoms with Crippen LogP contribution in [0.3, 0.4) is 0 Å². The molecule has 7 amide bonds. The molecule has 0 saturated carbocycles. The van der Waals surface area contributed by atoms with Gasteiger partial charge in [0.2, 0.25) is 41.4 Å². The number of amides is 7. The van der Waals surface area contributed by atoms with Gasteiger partial charge in [-0.15, -0.1) is 0 Å². The fourth-order valence-electron chi connectivity index (χ4n) is 5.87. The molecule has 0 bridgehead atoms. The number of aliphatic carboxylic acids is 4. The Hall–Kier alpha value is -7.47. The molecule has 0 saturated heterocycles. The van der Waals surface area contributed by atoms with Crippen molar-refractivity contribution in [2.75, 3.05) is 0 Å². The average Bonchev–Trinajstić information content (AvgIpc) is 3.22. The van der Waals surface area contributed by atoms with Crippen molar-refractivity contribution in [3.63, 3.8) is 0 Å². The van der Waals surface area contributed by atoms with Gasteiger partial charge < -0.3 is 68.5 Å². The largest absolute Gasteiger partial charge is 0.481 e. The first-order valence-corrected chi connectivity index (χ1v) is 20.0. The number of carboxylic acid groups (broad SMARTS) is 4. The Morgan fingerprint density at radius 1 is 0.477 bits per heavy atom. The van der Waals surface area contributed by atoms with Crippen LogP contribution < -0.4 is 43.0 Å². The molecule has 24 heteroatoms. The molecule has 0 aromatic heterocycles. The first-order chi connectivity index (χ1) is 30.5. The van der Waals surface area contributed by atoms with Crippen LogP contribution in [-0.2, 0) is 65.6 Å². The fraction of sp³-hybridized carbons (Fsp3) is 0.439. The summed E-state index contributed by atoms with van der Waals surface area (Å²) in [6, 6.07) is 3.69. The molecular weight excluding hydrogens is 860 g/mol. The van der Waals surface area contributed by atoms with E-state index in [1.54, 1.807) is 60.7 Å². The summed E-state index contributed by atoms with van der Waals surface area (Å²) in [7, 11) is 0. The van der Waals surface area contributed by atoms with Gasteiger partial charge in [0.15, 0.2) is 6.04 Å². The molecule has 0 aliphatic carbocycles. The summed E-state index contributed by atoms with van der Waals surface area (Å²) < 4.78 is 0. The Morgan fingerprint density at radius 3 is 1.29 bits per heavy atom. The molecule has 2 rings (SSSR count). The molecule has 0 radical (unpaired) electrons. The van der Waals surface area contributed by atoms with Crippen LogP contribution in [0.4, 0.5) is 0 Å². The maximum absolute atomic E-state index is 14.1. The molecular formula is C41H54N8O16. The lowest BCUT2D eigenvalue weighted by Gasteiger charge is -2.27. The number of aliphatic hydroxyl groups is 1. The zero-order chi connectivity index (χ0) is 49.0. The van der Waals surface area contributed by atoms with Crippen molar-refractivity contribution in [2.24, 2.45) is 5.73 Å². The highest BCUT2D eigenvalue weighted by molar-refractivity contribution is 5.98. The van der Waals surface area contributed by atoms with Crippen LogP contribution in [0.15, 0.2) is 60.7 Å². The highest BCUT2D eigenvalue weighted by Gasteiger charge is 2.35. The second-order valence-corrected chi connectivity index (χ2v) is 14.9. The third kappa shape index (κ3) is 19.2. The summed E-state index contributed by atoms with van der Waals surface area (Å²) in [5.74, 6) is -13.2. The first kappa shape index (κ1) is 53.7. The molecule has 2 aromatic carbocycles. The summed E-state index contributed by atoms with van der Waals surface area (Å²) in [5, 5.41) is 62.9. The van der Waals surface area contributed by atoms with E-state index in [1.165, 1.54) is 13.8 Å². The lowest BCUT2D eigenvalue weighted by molar-refractivity contribution is -0.146. The molecule has 354 valence electrons. The van der Waals surface area contributed by atoms with E-state index in [2.05, 4.69) is 31.9 Å². The van der Waals surface area contributed by atoms with E-state index in [1.807, 2.05) is 5.32 Å². The van der Waals surface area contributed by atoms with Gasteiger partial charge in [-0.3, -0.25) is 47.9 Å². The van der Waals surface area contributed by atoms with Crippen molar-refractivity contribution < 1.29 is 78.3 Å². The van der Waals surface area contributed by atoms with E-state index < -0.39 is 145 Å². The minimum Gasteiger partial charge on any atom is -0.481 e. The van der Waals surface area contributed by atoms with Gasteiger partial charge in [0.25, 0.3) is 0 Å². The molecule has 9 atom stereocenters. The van der Waals surface area contributed by atoms with E-state index in [-0.39, 0.29) is 12.8 Å². The van der Waals surface area contributed by atoms with Crippen molar-refractivity contribution in [1.29, 1.82) is 0 Å². The third-order valence-electron chi connectivity index (χ3n) is 9.40. The van der Waals surface area contributed by atoms with Crippen LogP contribution in [0.25, 0.3) is 0 Å². The van der Waals surface area contributed by atoms with E-state index in [4.69, 9.17) is 15.9 Å². The number of hydrogen-bond acceptors (Lipinski definition) is 13. The van der Waals surface area contributed by atoms with Crippen LogP contribution >= 0.6 is 0 Å². The Labute approximate surface area is 371 Å². The van der Waals surface area contributed by atoms with Crippen LogP contribution in [0.1, 0.15) is 57.6 Å². The van der Waals surface area contributed by atoms with Gasteiger partial charge in [0, 0.05) is 19.3 Å². The zero-order valence-corrected chi connectivity index (χ0v) is 35.5. The molecule has 0 fully saturated rings. The Morgan fingerprint density at radius 2 is 0.862 bits per heavy atom. The molecule has 0 unspecified atom stereocenters. The van der Waals surface area contributed by atoms with Crippen LogP contribution in [0.5, 0.6) is 0 Å². The number of carboxylic acids is 4. The van der Waals surface area contributed by atoms with Gasteiger partial charge in [-0.05, 0) is 38.3 Å². The predicted molar refractivity (Wildman–Crippen MR) is 224 cm³/mol. The Bertz CT molecular complexity index is 2040. The SMILES string of the molecule is C[C@H](NC(=O)[C@H](C)NC(=O)[C@H](CCC(=O)O)NC(=O)[C@@H](N)CC(=O)O)C(=O)N[C@@H](Cc1ccccc1)C(=O)N[C@@H](Cc1ccccc1)C(=O)N[C@@H](CC(=O)O)C(=O)N[C@H](C(=O)O)[C@@H](C)O. The number of nitrogens with two attached hydrogens (primary N) is 1. The molecule has 0 aliphatic heterocycles. The highest BCUT2D eigenvalue weighted by Crippen LogP contribution is 2.09. The predicted octanol–water partition coefficient (Wildman–Crippen LogP) is -3.49. The summed E-state index contributed by atoms with van der Waals surface area (Å²) >= 11 is 0. The smallest absolute Gasteiger partial charge is 0.328 e. The van der Waals surface area contributed by atoms with Crippen molar-refractivity contribution in [1.82, 2.24) is 37.2 Å². The van der Waals surface area contributed by atoms with Crippen LogP contribution in [0.2, 0.25) is 0 Å². The summed E-state index contributed by atoms with van der Waals surface area (Å²) in [6.07, 6.45) is -4.92. The number of carbonyl (C=O) groups is 11. The lowest BCUT2D eigenvalue weighted by Crippen LogP contribution is -2.60. The highest BCUT2D eigenvalue weighted by atomic mass is 16.4. The first-order valence-electron chi connectivity index (χ1n) is 20.0. The van der Waals surface area contributed by atoms with E-state index in [0.29, 0.717) is 11.1 Å². The minimum atomic E-state index is -1.89. The fourth-order valence-corrected chi connectivity index (χ4v) is 5.87. The summed E-state index contributed by atoms with van der Waals surface area (Å²) in [5.41, 5.74) is 6.57. The number of nitrogens with one attached hydrogen (secondary N) is 7. The number of rotatable bonds is 27. The maximum atomic E-state index is 14.1. The summed E-state index contributed by atoms with van der Waals surface area (Å²) in [6.45, 7) is 3.51.